The Kier molecular flexibility index (Phi) is 4.48. The van der Waals surface area contributed by atoms with Crippen molar-refractivity contribution in [2.24, 2.45) is 18.4 Å². The Labute approximate surface area is 149 Å². The van der Waals surface area contributed by atoms with Gasteiger partial charge in [0.1, 0.15) is 0 Å². The van der Waals surface area contributed by atoms with Crippen molar-refractivity contribution in [3.8, 4) is 0 Å². The first-order valence-corrected chi connectivity index (χ1v) is 9.09. The predicted molar refractivity (Wildman–Crippen MR) is 101 cm³/mol. The average Bonchev–Trinajstić information content (AvgIpc) is 2.76. The van der Waals surface area contributed by atoms with Crippen molar-refractivity contribution < 1.29 is 9.59 Å². The van der Waals surface area contributed by atoms with Crippen LogP contribution in [-0.2, 0) is 11.8 Å². The van der Waals surface area contributed by atoms with Gasteiger partial charge in [-0.1, -0.05) is 39.0 Å². The number of aryl methyl sites for hydroxylation is 1. The van der Waals surface area contributed by atoms with E-state index in [1.807, 2.05) is 42.8 Å². The van der Waals surface area contributed by atoms with Crippen molar-refractivity contribution in [1.82, 2.24) is 9.88 Å². The van der Waals surface area contributed by atoms with Crippen LogP contribution in [0, 0.1) is 18.3 Å². The van der Waals surface area contributed by atoms with E-state index in [4.69, 9.17) is 0 Å². The van der Waals surface area contributed by atoms with Crippen LogP contribution in [-0.4, -0.2) is 22.3 Å². The molecule has 1 N–H and O–H groups in total. The van der Waals surface area contributed by atoms with Gasteiger partial charge in [0.25, 0.3) is 11.7 Å². The fourth-order valence-corrected chi connectivity index (χ4v) is 4.63. The van der Waals surface area contributed by atoms with Gasteiger partial charge in [0, 0.05) is 29.7 Å². The van der Waals surface area contributed by atoms with Gasteiger partial charge in [-0.25, -0.2) is 0 Å². The Hall–Kier alpha value is -2.10. The summed E-state index contributed by atoms with van der Waals surface area (Å²) in [5.41, 5.74) is 2.54. The molecule has 2 unspecified atom stereocenters. The number of benzene rings is 1. The molecule has 25 heavy (non-hydrogen) atoms. The fourth-order valence-electron chi connectivity index (χ4n) is 4.63. The molecule has 0 saturated heterocycles. The minimum atomic E-state index is -0.477. The number of para-hydroxylation sites is 1. The van der Waals surface area contributed by atoms with Crippen LogP contribution in [0.4, 0.5) is 0 Å². The van der Waals surface area contributed by atoms with Crippen molar-refractivity contribution in [2.75, 3.05) is 0 Å². The van der Waals surface area contributed by atoms with Gasteiger partial charge in [-0.3, -0.25) is 9.59 Å². The van der Waals surface area contributed by atoms with Crippen LogP contribution in [0.25, 0.3) is 10.9 Å². The van der Waals surface area contributed by atoms with E-state index in [-0.39, 0.29) is 11.5 Å². The number of rotatable bonds is 3. The molecule has 1 aromatic carbocycles. The summed E-state index contributed by atoms with van der Waals surface area (Å²) >= 11 is 0. The van der Waals surface area contributed by atoms with E-state index in [0.717, 1.165) is 35.9 Å². The molecule has 2 atom stereocenters. The quantitative estimate of drug-likeness (QED) is 0.678. The fraction of sp³-hybridized carbons (Fsp3) is 0.524. The van der Waals surface area contributed by atoms with Crippen LogP contribution < -0.4 is 5.32 Å². The monoisotopic (exact) mass is 340 g/mol. The number of ketones is 1. The maximum absolute atomic E-state index is 12.9. The largest absolute Gasteiger partial charge is 0.347 e. The SMILES string of the molecule is Cc1c(C(=O)C(=O)NC2CC(C)CC(C)(C)C2)c2ccccc2n1C. The van der Waals surface area contributed by atoms with Crippen molar-refractivity contribution >= 4 is 22.6 Å². The van der Waals surface area contributed by atoms with Crippen LogP contribution in [0.2, 0.25) is 0 Å². The number of amides is 1. The molecule has 1 saturated carbocycles. The minimum absolute atomic E-state index is 0.0745. The van der Waals surface area contributed by atoms with Gasteiger partial charge in [0.2, 0.25) is 0 Å². The Morgan fingerprint density at radius 3 is 2.56 bits per heavy atom. The summed E-state index contributed by atoms with van der Waals surface area (Å²) in [7, 11) is 1.93. The van der Waals surface area contributed by atoms with Crippen LogP contribution in [0.5, 0.6) is 0 Å². The number of carbonyl (C=O) groups excluding carboxylic acids is 2. The van der Waals surface area contributed by atoms with Gasteiger partial charge in [0.05, 0.1) is 5.56 Å². The van der Waals surface area contributed by atoms with E-state index in [2.05, 4.69) is 26.1 Å². The molecule has 0 radical (unpaired) electrons. The van der Waals surface area contributed by atoms with Crippen molar-refractivity contribution in [2.45, 2.75) is 53.0 Å². The Morgan fingerprint density at radius 2 is 1.88 bits per heavy atom. The second-order valence-corrected chi connectivity index (χ2v) is 8.45. The second-order valence-electron chi connectivity index (χ2n) is 8.45. The smallest absolute Gasteiger partial charge is 0.292 e. The first kappa shape index (κ1) is 17.7. The van der Waals surface area contributed by atoms with E-state index < -0.39 is 11.7 Å². The zero-order chi connectivity index (χ0) is 18.4. The first-order chi connectivity index (χ1) is 11.7. The Morgan fingerprint density at radius 1 is 1.20 bits per heavy atom. The number of hydrogen-bond donors (Lipinski definition) is 1. The highest BCUT2D eigenvalue weighted by atomic mass is 16.2. The number of Topliss-reactive ketones (excluding diaryl/α,β-unsaturated/α-hetero) is 1. The third-order valence-electron chi connectivity index (χ3n) is 5.56. The van der Waals surface area contributed by atoms with Crippen molar-refractivity contribution in [3.05, 3.63) is 35.5 Å². The molecule has 1 heterocycles. The highest BCUT2D eigenvalue weighted by Crippen LogP contribution is 2.38. The first-order valence-electron chi connectivity index (χ1n) is 9.09. The van der Waals surface area contributed by atoms with Gasteiger partial charge < -0.3 is 9.88 Å². The number of nitrogens with zero attached hydrogens (tertiary/aromatic N) is 1. The summed E-state index contributed by atoms with van der Waals surface area (Å²) in [5.74, 6) is -0.344. The van der Waals surface area contributed by atoms with Crippen molar-refractivity contribution in [3.63, 3.8) is 0 Å². The van der Waals surface area contributed by atoms with Crippen LogP contribution >= 0.6 is 0 Å². The van der Waals surface area contributed by atoms with E-state index in [0.29, 0.717) is 11.5 Å². The summed E-state index contributed by atoms with van der Waals surface area (Å²) < 4.78 is 1.97. The molecule has 1 amide bonds. The second kappa shape index (κ2) is 6.32. The molecular weight excluding hydrogens is 312 g/mol. The lowest BCUT2D eigenvalue weighted by atomic mass is 9.70. The zero-order valence-electron chi connectivity index (χ0n) is 15.8. The summed E-state index contributed by atoms with van der Waals surface area (Å²) in [5, 5.41) is 3.85. The summed E-state index contributed by atoms with van der Waals surface area (Å²) in [6.45, 7) is 8.58. The van der Waals surface area contributed by atoms with Crippen LogP contribution in [0.1, 0.15) is 56.1 Å². The molecule has 1 aliphatic rings. The third-order valence-corrected chi connectivity index (χ3v) is 5.56. The third kappa shape index (κ3) is 3.35. The minimum Gasteiger partial charge on any atom is -0.347 e. The molecular formula is C21H28N2O2. The average molecular weight is 340 g/mol. The molecule has 4 nitrogen and oxygen atoms in total. The lowest BCUT2D eigenvalue weighted by molar-refractivity contribution is -0.118. The van der Waals surface area contributed by atoms with Gasteiger partial charge in [-0.2, -0.15) is 0 Å². The standard InChI is InChI=1S/C21H28N2O2/c1-13-10-15(12-21(3,4)11-13)22-20(25)19(24)18-14(2)23(5)17-9-7-6-8-16(17)18/h6-9,13,15H,10-12H2,1-5H3,(H,22,25). The lowest BCUT2D eigenvalue weighted by Gasteiger charge is -2.39. The molecule has 3 rings (SSSR count). The van der Waals surface area contributed by atoms with Gasteiger partial charge >= 0.3 is 0 Å². The van der Waals surface area contributed by atoms with Crippen LogP contribution in [0.15, 0.2) is 24.3 Å². The molecule has 2 aromatic rings. The molecule has 1 aromatic heterocycles. The maximum atomic E-state index is 12.9. The number of hydrogen-bond acceptors (Lipinski definition) is 2. The summed E-state index contributed by atoms with van der Waals surface area (Å²) in [4.78, 5) is 25.5. The van der Waals surface area contributed by atoms with Gasteiger partial charge in [-0.15, -0.1) is 0 Å². The lowest BCUT2D eigenvalue weighted by Crippen LogP contribution is -2.45. The zero-order valence-corrected chi connectivity index (χ0v) is 15.8. The maximum Gasteiger partial charge on any atom is 0.292 e. The molecule has 0 bridgehead atoms. The van der Waals surface area contributed by atoms with Gasteiger partial charge in [-0.05, 0) is 43.6 Å². The van der Waals surface area contributed by atoms with Gasteiger partial charge in [0.15, 0.2) is 0 Å². The highest BCUT2D eigenvalue weighted by Gasteiger charge is 2.34. The molecule has 0 spiro atoms. The molecule has 1 aliphatic carbocycles. The van der Waals surface area contributed by atoms with E-state index in [1.54, 1.807) is 0 Å². The number of nitrogens with one attached hydrogen (secondary N) is 1. The topological polar surface area (TPSA) is 51.1 Å². The molecule has 134 valence electrons. The Balaban J connectivity index is 1.84. The summed E-state index contributed by atoms with van der Waals surface area (Å²) in [6, 6.07) is 7.81. The number of fused-ring (bicyclic) bond motifs is 1. The molecule has 4 heteroatoms. The molecule has 1 fully saturated rings. The molecule has 0 aliphatic heterocycles. The van der Waals surface area contributed by atoms with E-state index in [9.17, 15) is 9.59 Å². The van der Waals surface area contributed by atoms with E-state index >= 15 is 0 Å². The van der Waals surface area contributed by atoms with E-state index in [1.165, 1.54) is 0 Å². The summed E-state index contributed by atoms with van der Waals surface area (Å²) in [6.07, 6.45) is 3.03. The predicted octanol–water partition coefficient (Wildman–Crippen LogP) is 4.00. The highest BCUT2D eigenvalue weighted by molar-refractivity contribution is 6.45. The normalized spacial score (nSPS) is 22.8. The van der Waals surface area contributed by atoms with Crippen molar-refractivity contribution in [1.29, 1.82) is 0 Å². The van der Waals surface area contributed by atoms with Crippen LogP contribution in [0.3, 0.4) is 0 Å². The number of aromatic nitrogens is 1. The Bertz CT molecular complexity index is 832. The number of carbonyl (C=O) groups is 2.